The topological polar surface area (TPSA) is 73.1 Å². The van der Waals surface area contributed by atoms with Crippen LogP contribution in [0.3, 0.4) is 0 Å². The average Bonchev–Trinajstić information content (AvgIpc) is 3.35. The Morgan fingerprint density at radius 2 is 2.08 bits per heavy atom. The van der Waals surface area contributed by atoms with Gasteiger partial charge in [0.05, 0.1) is 11.3 Å². The van der Waals surface area contributed by atoms with Gasteiger partial charge in [-0.2, -0.15) is 8.78 Å². The Kier molecular flexibility index (Phi) is 5.70. The first-order valence-corrected chi connectivity index (χ1v) is 9.05. The number of aromatic nitrogens is 4. The fourth-order valence-corrected chi connectivity index (χ4v) is 3.43. The van der Waals surface area contributed by atoms with Gasteiger partial charge in [-0.25, -0.2) is 4.68 Å². The molecule has 7 nitrogen and oxygen atoms in total. The lowest BCUT2D eigenvalue weighted by atomic mass is 10.2. The highest BCUT2D eigenvalue weighted by molar-refractivity contribution is 8.00. The quantitative estimate of drug-likeness (QED) is 0.653. The number of halogens is 2. The lowest BCUT2D eigenvalue weighted by molar-refractivity contribution is -0.129. The molecule has 1 unspecified atom stereocenters. The molecule has 1 aromatic carbocycles. The molecule has 1 aliphatic carbocycles. The first kappa shape index (κ1) is 18.6. The molecule has 1 heterocycles. The third-order valence-corrected chi connectivity index (χ3v) is 4.96. The second-order valence-corrected chi connectivity index (χ2v) is 7.42. The molecule has 3 rings (SSSR count). The molecule has 140 valence electrons. The highest BCUT2D eigenvalue weighted by Crippen LogP contribution is 2.37. The highest BCUT2D eigenvalue weighted by atomic mass is 32.2. The van der Waals surface area contributed by atoms with Gasteiger partial charge >= 0.3 is 6.61 Å². The van der Waals surface area contributed by atoms with Crippen molar-refractivity contribution in [1.82, 2.24) is 25.1 Å². The van der Waals surface area contributed by atoms with Gasteiger partial charge in [-0.05, 0) is 47.9 Å². The van der Waals surface area contributed by atoms with Crippen molar-refractivity contribution >= 4 is 17.7 Å². The Bertz CT molecular complexity index is 751. The molecule has 0 N–H and O–H groups in total. The van der Waals surface area contributed by atoms with Crippen molar-refractivity contribution in [1.29, 1.82) is 0 Å². The van der Waals surface area contributed by atoms with E-state index in [4.69, 9.17) is 0 Å². The smallest absolute Gasteiger partial charge is 0.387 e. The predicted octanol–water partition coefficient (Wildman–Crippen LogP) is 2.75. The molecule has 1 saturated carbocycles. The number of alkyl halides is 2. The van der Waals surface area contributed by atoms with Gasteiger partial charge < -0.3 is 9.64 Å². The Labute approximate surface area is 153 Å². The van der Waals surface area contributed by atoms with Crippen LogP contribution >= 0.6 is 11.8 Å². The molecule has 0 radical (unpaired) electrons. The zero-order chi connectivity index (χ0) is 18.7. The van der Waals surface area contributed by atoms with Crippen molar-refractivity contribution in [2.45, 2.75) is 49.4 Å². The van der Waals surface area contributed by atoms with Gasteiger partial charge in [-0.3, -0.25) is 4.79 Å². The molecule has 1 amide bonds. The van der Waals surface area contributed by atoms with Crippen LogP contribution in [0.1, 0.15) is 31.4 Å². The predicted molar refractivity (Wildman–Crippen MR) is 91.0 cm³/mol. The number of nitrogens with zero attached hydrogens (tertiary/aromatic N) is 5. The van der Waals surface area contributed by atoms with E-state index in [1.54, 1.807) is 28.8 Å². The van der Waals surface area contributed by atoms with E-state index in [0.717, 1.165) is 18.4 Å². The third kappa shape index (κ3) is 4.69. The van der Waals surface area contributed by atoms with Crippen molar-refractivity contribution < 1.29 is 18.3 Å². The number of amides is 1. The lowest BCUT2D eigenvalue weighted by Gasteiger charge is -2.21. The van der Waals surface area contributed by atoms with E-state index in [2.05, 4.69) is 20.3 Å². The molecule has 0 aliphatic heterocycles. The first-order valence-electron chi connectivity index (χ1n) is 8.17. The summed E-state index contributed by atoms with van der Waals surface area (Å²) in [5.74, 6) is 0.0295. The van der Waals surface area contributed by atoms with Gasteiger partial charge in [-0.1, -0.05) is 23.9 Å². The number of hydrogen-bond donors (Lipinski definition) is 0. The summed E-state index contributed by atoms with van der Waals surface area (Å²) in [6.45, 7) is -0.670. The van der Waals surface area contributed by atoms with Crippen LogP contribution in [0.2, 0.25) is 0 Å². The minimum Gasteiger partial charge on any atom is -0.435 e. The monoisotopic (exact) mass is 383 g/mol. The van der Waals surface area contributed by atoms with Crippen molar-refractivity contribution in [3.8, 4) is 5.75 Å². The van der Waals surface area contributed by atoms with Crippen LogP contribution in [-0.4, -0.2) is 49.9 Å². The minimum absolute atomic E-state index is 0.0618. The van der Waals surface area contributed by atoms with Crippen molar-refractivity contribution in [2.24, 2.45) is 0 Å². The summed E-state index contributed by atoms with van der Waals surface area (Å²) < 4.78 is 30.4. The fourth-order valence-electron chi connectivity index (χ4n) is 2.46. The Hall–Kier alpha value is -2.23. The molecule has 1 aliphatic rings. The second-order valence-electron chi connectivity index (χ2n) is 6.11. The lowest BCUT2D eigenvalue weighted by Crippen LogP contribution is -2.33. The Balaban J connectivity index is 1.55. The maximum absolute atomic E-state index is 12.6. The number of thioether (sulfide) groups is 1. The van der Waals surface area contributed by atoms with E-state index < -0.39 is 6.61 Å². The van der Waals surface area contributed by atoms with E-state index in [0.29, 0.717) is 17.7 Å². The molecule has 1 fully saturated rings. The van der Waals surface area contributed by atoms with Crippen molar-refractivity contribution in [3.63, 3.8) is 0 Å². The standard InChI is InChI=1S/C16H19F2N5O2S/c1-10(26-16-19-20-21-23(16)12-5-6-12)14(24)22(2)9-11-3-7-13(8-4-11)25-15(17)18/h3-4,7-8,10,12,15H,5-6,9H2,1-2H3. The van der Waals surface area contributed by atoms with Gasteiger partial charge in [0.2, 0.25) is 11.1 Å². The van der Waals surface area contributed by atoms with Crippen molar-refractivity contribution in [2.75, 3.05) is 7.05 Å². The first-order chi connectivity index (χ1) is 12.4. The van der Waals surface area contributed by atoms with E-state index in [-0.39, 0.29) is 16.9 Å². The number of carbonyl (C=O) groups is 1. The fraction of sp³-hybridized carbons (Fsp3) is 0.500. The summed E-state index contributed by atoms with van der Waals surface area (Å²) >= 11 is 1.33. The van der Waals surface area contributed by atoms with Gasteiger partial charge in [0.15, 0.2) is 0 Å². The van der Waals surface area contributed by atoms with Crippen LogP contribution in [0.4, 0.5) is 8.78 Å². The molecular weight excluding hydrogens is 364 g/mol. The maximum atomic E-state index is 12.6. The van der Waals surface area contributed by atoms with E-state index in [9.17, 15) is 13.6 Å². The molecule has 0 bridgehead atoms. The number of hydrogen-bond acceptors (Lipinski definition) is 6. The van der Waals surface area contributed by atoms with Crippen LogP contribution < -0.4 is 4.74 Å². The van der Waals surface area contributed by atoms with Crippen LogP contribution in [0, 0.1) is 0 Å². The summed E-state index contributed by atoms with van der Waals surface area (Å²) in [6, 6.07) is 6.59. The number of tetrazole rings is 1. The summed E-state index contributed by atoms with van der Waals surface area (Å²) in [6.07, 6.45) is 2.12. The van der Waals surface area contributed by atoms with Crippen LogP contribution in [0.25, 0.3) is 0 Å². The molecule has 0 saturated heterocycles. The minimum atomic E-state index is -2.85. The number of ether oxygens (including phenoxy) is 1. The highest BCUT2D eigenvalue weighted by Gasteiger charge is 2.30. The van der Waals surface area contributed by atoms with Crippen LogP contribution in [-0.2, 0) is 11.3 Å². The van der Waals surface area contributed by atoms with Crippen molar-refractivity contribution in [3.05, 3.63) is 29.8 Å². The maximum Gasteiger partial charge on any atom is 0.387 e. The zero-order valence-corrected chi connectivity index (χ0v) is 15.2. The summed E-state index contributed by atoms with van der Waals surface area (Å²) in [5, 5.41) is 12.0. The molecule has 0 spiro atoms. The van der Waals surface area contributed by atoms with Crippen LogP contribution in [0.15, 0.2) is 29.4 Å². The van der Waals surface area contributed by atoms with E-state index in [1.807, 2.05) is 6.92 Å². The van der Waals surface area contributed by atoms with E-state index >= 15 is 0 Å². The summed E-state index contributed by atoms with van der Waals surface area (Å²) in [7, 11) is 1.70. The Morgan fingerprint density at radius 1 is 1.38 bits per heavy atom. The molecular formula is C16H19F2N5O2S. The third-order valence-electron chi connectivity index (χ3n) is 3.93. The SMILES string of the molecule is CC(Sc1nnnn1C1CC1)C(=O)N(C)Cc1ccc(OC(F)F)cc1. The molecule has 26 heavy (non-hydrogen) atoms. The van der Waals surface area contributed by atoms with E-state index in [1.165, 1.54) is 23.9 Å². The van der Waals surface area contributed by atoms with Crippen LogP contribution in [0.5, 0.6) is 5.75 Å². The normalized spacial score (nSPS) is 15.1. The van der Waals surface area contributed by atoms with Gasteiger partial charge in [0.25, 0.3) is 0 Å². The molecule has 10 heteroatoms. The number of carbonyl (C=O) groups excluding carboxylic acids is 1. The second kappa shape index (κ2) is 7.98. The summed E-state index contributed by atoms with van der Waals surface area (Å²) in [4.78, 5) is 14.2. The molecule has 1 aromatic heterocycles. The average molecular weight is 383 g/mol. The largest absolute Gasteiger partial charge is 0.435 e. The molecule has 1 atom stereocenters. The Morgan fingerprint density at radius 3 is 2.69 bits per heavy atom. The zero-order valence-electron chi connectivity index (χ0n) is 14.4. The summed E-state index contributed by atoms with van der Waals surface area (Å²) in [5.41, 5.74) is 0.822. The van der Waals surface area contributed by atoms with Gasteiger partial charge in [-0.15, -0.1) is 5.10 Å². The number of benzene rings is 1. The van der Waals surface area contributed by atoms with Gasteiger partial charge in [0, 0.05) is 13.6 Å². The number of rotatable bonds is 8. The van der Waals surface area contributed by atoms with Gasteiger partial charge in [0.1, 0.15) is 5.75 Å². The molecule has 2 aromatic rings.